The van der Waals surface area contributed by atoms with Crippen molar-refractivity contribution >= 4 is 27.6 Å². The summed E-state index contributed by atoms with van der Waals surface area (Å²) in [5, 5.41) is 7.50. The Morgan fingerprint density at radius 1 is 1.22 bits per heavy atom. The van der Waals surface area contributed by atoms with Gasteiger partial charge in [0.1, 0.15) is 0 Å². The van der Waals surface area contributed by atoms with Gasteiger partial charge in [0.25, 0.3) is 5.91 Å². The second-order valence-corrected chi connectivity index (χ2v) is 6.77. The number of allylic oxidation sites excluding steroid dienone is 2. The molecule has 124 valence electrons. The Morgan fingerprint density at radius 3 is 2.48 bits per heavy atom. The molecule has 0 spiro atoms. The van der Waals surface area contributed by atoms with Crippen molar-refractivity contribution < 1.29 is 22.7 Å². The third-order valence-electron chi connectivity index (χ3n) is 3.41. The summed E-state index contributed by atoms with van der Waals surface area (Å²) in [5.74, 6) is -1.07. The standard InChI is InChI=1S/C15H18N2O5S/c16-23(20,21)13-8-6-12(7-9-13)17-14(18)10-22-15(19)11-4-2-1-3-5-11/h1-2,6-9,11H,3-5,10H2,(H,17,18)(H2,16,20,21). The van der Waals surface area contributed by atoms with Crippen LogP contribution >= 0.6 is 0 Å². The van der Waals surface area contributed by atoms with Crippen molar-refractivity contribution in [1.29, 1.82) is 0 Å². The Balaban J connectivity index is 1.82. The number of nitrogens with one attached hydrogen (secondary N) is 1. The number of hydrogen-bond donors (Lipinski definition) is 2. The van der Waals surface area contributed by atoms with Gasteiger partial charge < -0.3 is 10.1 Å². The molecular weight excluding hydrogens is 320 g/mol. The number of esters is 1. The van der Waals surface area contributed by atoms with E-state index in [0.717, 1.165) is 12.8 Å². The number of ether oxygens (including phenoxy) is 1. The Hall–Kier alpha value is -2.19. The van der Waals surface area contributed by atoms with Crippen LogP contribution in [0.3, 0.4) is 0 Å². The highest BCUT2D eigenvalue weighted by Crippen LogP contribution is 2.19. The van der Waals surface area contributed by atoms with Crippen LogP contribution < -0.4 is 10.5 Å². The minimum absolute atomic E-state index is 0.0488. The van der Waals surface area contributed by atoms with Crippen LogP contribution in [-0.4, -0.2) is 26.9 Å². The van der Waals surface area contributed by atoms with Gasteiger partial charge in [0.15, 0.2) is 6.61 Å². The molecule has 3 N–H and O–H groups in total. The Bertz CT molecular complexity index is 710. The number of carbonyl (C=O) groups is 2. The molecule has 1 aliphatic carbocycles. The number of carbonyl (C=O) groups excluding carboxylic acids is 2. The van der Waals surface area contributed by atoms with Gasteiger partial charge in [-0.2, -0.15) is 0 Å². The van der Waals surface area contributed by atoms with E-state index in [1.165, 1.54) is 24.3 Å². The average Bonchev–Trinajstić information content (AvgIpc) is 2.53. The van der Waals surface area contributed by atoms with Gasteiger partial charge in [-0.15, -0.1) is 0 Å². The summed E-state index contributed by atoms with van der Waals surface area (Å²) in [6, 6.07) is 5.38. The largest absolute Gasteiger partial charge is 0.455 e. The highest BCUT2D eigenvalue weighted by Gasteiger charge is 2.21. The maximum absolute atomic E-state index is 11.8. The van der Waals surface area contributed by atoms with Crippen LogP contribution in [0.25, 0.3) is 0 Å². The molecule has 7 nitrogen and oxygen atoms in total. The molecule has 8 heteroatoms. The van der Waals surface area contributed by atoms with Gasteiger partial charge in [0, 0.05) is 5.69 Å². The van der Waals surface area contributed by atoms with Crippen molar-refractivity contribution in [2.75, 3.05) is 11.9 Å². The monoisotopic (exact) mass is 338 g/mol. The molecular formula is C15H18N2O5S. The van der Waals surface area contributed by atoms with Crippen LogP contribution in [0.1, 0.15) is 19.3 Å². The third kappa shape index (κ3) is 5.19. The van der Waals surface area contributed by atoms with E-state index >= 15 is 0 Å². The normalized spacial score (nSPS) is 17.5. The summed E-state index contributed by atoms with van der Waals surface area (Å²) < 4.78 is 27.2. The van der Waals surface area contributed by atoms with Crippen molar-refractivity contribution in [1.82, 2.24) is 0 Å². The van der Waals surface area contributed by atoms with Gasteiger partial charge >= 0.3 is 5.97 Å². The van der Waals surface area contributed by atoms with E-state index in [0.29, 0.717) is 12.1 Å². The van der Waals surface area contributed by atoms with E-state index in [9.17, 15) is 18.0 Å². The summed E-state index contributed by atoms with van der Waals surface area (Å²) in [6.07, 6.45) is 6.15. The fourth-order valence-corrected chi connectivity index (χ4v) is 2.70. The molecule has 0 radical (unpaired) electrons. The summed E-state index contributed by atoms with van der Waals surface area (Å²) in [6.45, 7) is -0.379. The van der Waals surface area contributed by atoms with Crippen molar-refractivity contribution in [3.05, 3.63) is 36.4 Å². The highest BCUT2D eigenvalue weighted by atomic mass is 32.2. The fraction of sp³-hybridized carbons (Fsp3) is 0.333. The zero-order valence-electron chi connectivity index (χ0n) is 12.4. The van der Waals surface area contributed by atoms with Crippen LogP contribution in [0.4, 0.5) is 5.69 Å². The molecule has 1 unspecified atom stereocenters. The Morgan fingerprint density at radius 2 is 1.91 bits per heavy atom. The van der Waals surface area contributed by atoms with E-state index in [1.807, 2.05) is 12.2 Å². The number of sulfonamides is 1. The summed E-state index contributed by atoms with van der Waals surface area (Å²) in [5.41, 5.74) is 0.388. The van der Waals surface area contributed by atoms with E-state index < -0.39 is 15.9 Å². The maximum Gasteiger partial charge on any atom is 0.309 e. The van der Waals surface area contributed by atoms with E-state index in [1.54, 1.807) is 0 Å². The van der Waals surface area contributed by atoms with Crippen molar-refractivity contribution in [2.45, 2.75) is 24.2 Å². The molecule has 1 aliphatic rings. The van der Waals surface area contributed by atoms with Gasteiger partial charge in [-0.25, -0.2) is 13.6 Å². The molecule has 0 saturated carbocycles. The molecule has 0 saturated heterocycles. The summed E-state index contributed by atoms with van der Waals surface area (Å²) >= 11 is 0. The maximum atomic E-state index is 11.8. The molecule has 0 heterocycles. The first kappa shape index (κ1) is 17.2. The van der Waals surface area contributed by atoms with E-state index in [-0.39, 0.29) is 23.4 Å². The number of anilines is 1. The number of nitrogens with two attached hydrogens (primary N) is 1. The van der Waals surface area contributed by atoms with Gasteiger partial charge in [-0.1, -0.05) is 12.2 Å². The number of benzene rings is 1. The number of rotatable bonds is 5. The van der Waals surface area contributed by atoms with Crippen molar-refractivity contribution in [2.24, 2.45) is 11.1 Å². The van der Waals surface area contributed by atoms with Crippen LogP contribution in [0.5, 0.6) is 0 Å². The quantitative estimate of drug-likeness (QED) is 0.617. The molecule has 1 aromatic carbocycles. The van der Waals surface area contributed by atoms with Gasteiger partial charge in [-0.3, -0.25) is 9.59 Å². The smallest absolute Gasteiger partial charge is 0.309 e. The van der Waals surface area contributed by atoms with Gasteiger partial charge in [-0.05, 0) is 43.5 Å². The third-order valence-corrected chi connectivity index (χ3v) is 4.34. The summed E-state index contributed by atoms with van der Waals surface area (Å²) in [4.78, 5) is 23.5. The Labute approximate surface area is 134 Å². The number of amides is 1. The molecule has 0 bridgehead atoms. The lowest BCUT2D eigenvalue weighted by Gasteiger charge is -2.16. The summed E-state index contributed by atoms with van der Waals surface area (Å²) in [7, 11) is -3.77. The first-order valence-electron chi connectivity index (χ1n) is 7.10. The SMILES string of the molecule is NS(=O)(=O)c1ccc(NC(=O)COC(=O)C2CC=CCC2)cc1. The minimum atomic E-state index is -3.77. The second kappa shape index (κ2) is 7.38. The molecule has 1 amide bonds. The minimum Gasteiger partial charge on any atom is -0.455 e. The predicted octanol–water partition coefficient (Wildman–Crippen LogP) is 1.17. The zero-order chi connectivity index (χ0) is 16.9. The molecule has 23 heavy (non-hydrogen) atoms. The molecule has 0 aliphatic heterocycles. The lowest BCUT2D eigenvalue weighted by Crippen LogP contribution is -2.25. The lowest BCUT2D eigenvalue weighted by atomic mass is 9.95. The Kier molecular flexibility index (Phi) is 5.51. The van der Waals surface area contributed by atoms with Gasteiger partial charge in [0.05, 0.1) is 10.8 Å². The molecule has 1 aromatic rings. The highest BCUT2D eigenvalue weighted by molar-refractivity contribution is 7.89. The predicted molar refractivity (Wildman–Crippen MR) is 83.9 cm³/mol. The molecule has 1 atom stereocenters. The molecule has 2 rings (SSSR count). The zero-order valence-corrected chi connectivity index (χ0v) is 13.2. The van der Waals surface area contributed by atoms with Crippen LogP contribution in [0, 0.1) is 5.92 Å². The van der Waals surface area contributed by atoms with Gasteiger partial charge in [0.2, 0.25) is 10.0 Å². The molecule has 0 fully saturated rings. The average molecular weight is 338 g/mol. The second-order valence-electron chi connectivity index (χ2n) is 5.21. The van der Waals surface area contributed by atoms with E-state index in [2.05, 4.69) is 5.32 Å². The van der Waals surface area contributed by atoms with Crippen molar-refractivity contribution in [3.63, 3.8) is 0 Å². The van der Waals surface area contributed by atoms with Crippen molar-refractivity contribution in [3.8, 4) is 0 Å². The first-order chi connectivity index (χ1) is 10.9. The van der Waals surface area contributed by atoms with Crippen LogP contribution in [0.2, 0.25) is 0 Å². The number of hydrogen-bond acceptors (Lipinski definition) is 5. The first-order valence-corrected chi connectivity index (χ1v) is 8.65. The molecule has 0 aromatic heterocycles. The van der Waals surface area contributed by atoms with Crippen LogP contribution in [-0.2, 0) is 24.3 Å². The number of primary sulfonamides is 1. The lowest BCUT2D eigenvalue weighted by molar-refractivity contribution is -0.151. The van der Waals surface area contributed by atoms with E-state index in [4.69, 9.17) is 9.88 Å². The van der Waals surface area contributed by atoms with Crippen LogP contribution in [0.15, 0.2) is 41.3 Å². The topological polar surface area (TPSA) is 116 Å². The fourth-order valence-electron chi connectivity index (χ4n) is 2.19.